The number of nitrogens with zero attached hydrogens (tertiary/aromatic N) is 1. The van der Waals surface area contributed by atoms with Crippen LogP contribution in [-0.4, -0.2) is 16.3 Å². The van der Waals surface area contributed by atoms with Crippen LogP contribution < -0.4 is 10.9 Å². The fourth-order valence-electron chi connectivity index (χ4n) is 2.14. The van der Waals surface area contributed by atoms with Gasteiger partial charge in [0.1, 0.15) is 0 Å². The lowest BCUT2D eigenvalue weighted by Crippen LogP contribution is -2.27. The Morgan fingerprint density at radius 3 is 2.88 bits per heavy atom. The summed E-state index contributed by atoms with van der Waals surface area (Å²) < 4.78 is 2.52. The molecule has 0 aliphatic carbocycles. The molecule has 2 heterocycles. The van der Waals surface area contributed by atoms with Gasteiger partial charge in [-0.15, -0.1) is 0 Å². The van der Waals surface area contributed by atoms with Crippen LogP contribution in [0.15, 0.2) is 33.5 Å². The van der Waals surface area contributed by atoms with E-state index in [1.54, 1.807) is 4.68 Å². The fraction of sp³-hybridized carbons (Fsp3) is 0.250. The summed E-state index contributed by atoms with van der Waals surface area (Å²) >= 11 is 3.47. The van der Waals surface area contributed by atoms with E-state index < -0.39 is 0 Å². The minimum atomic E-state index is 0.0408. The van der Waals surface area contributed by atoms with Gasteiger partial charge in [-0.1, -0.05) is 12.1 Å². The molecule has 4 nitrogen and oxygen atoms in total. The van der Waals surface area contributed by atoms with Crippen LogP contribution in [0, 0.1) is 0 Å². The van der Waals surface area contributed by atoms with E-state index in [0.717, 1.165) is 34.4 Å². The van der Waals surface area contributed by atoms with Crippen LogP contribution in [0.1, 0.15) is 11.3 Å². The van der Waals surface area contributed by atoms with Crippen molar-refractivity contribution in [2.75, 3.05) is 6.54 Å². The predicted octanol–water partition coefficient (Wildman–Crippen LogP) is 1.57. The van der Waals surface area contributed by atoms with Crippen molar-refractivity contribution in [2.45, 2.75) is 13.0 Å². The first kappa shape index (κ1) is 10.8. The second-order valence-corrected chi connectivity index (χ2v) is 4.94. The van der Waals surface area contributed by atoms with E-state index in [1.807, 2.05) is 24.3 Å². The van der Waals surface area contributed by atoms with Gasteiger partial charge in [0.25, 0.3) is 5.56 Å². The molecule has 0 fully saturated rings. The smallest absolute Gasteiger partial charge is 0.276 e. The number of halogens is 1. The van der Waals surface area contributed by atoms with E-state index in [-0.39, 0.29) is 5.56 Å². The lowest BCUT2D eigenvalue weighted by molar-refractivity contribution is 0.634. The first-order valence-corrected chi connectivity index (χ1v) is 6.35. The van der Waals surface area contributed by atoms with Crippen LogP contribution in [0.25, 0.3) is 5.69 Å². The number of hydrogen-bond donors (Lipinski definition) is 2. The minimum absolute atomic E-state index is 0.0408. The number of aromatic nitrogens is 2. The Morgan fingerprint density at radius 2 is 2.12 bits per heavy atom. The number of aromatic amines is 1. The molecule has 0 saturated heterocycles. The molecule has 0 amide bonds. The molecular weight excluding hydrogens is 282 g/mol. The van der Waals surface area contributed by atoms with Crippen molar-refractivity contribution in [1.82, 2.24) is 15.1 Å². The number of benzene rings is 1. The maximum atomic E-state index is 12.2. The SMILES string of the molecule is O=c1c2c([nH]n1-c1ccccc1Br)CCNC2. The van der Waals surface area contributed by atoms with Crippen molar-refractivity contribution >= 4 is 15.9 Å². The molecule has 1 aliphatic rings. The molecule has 0 saturated carbocycles. The molecule has 2 aromatic rings. The Bertz CT molecular complexity index is 614. The van der Waals surface area contributed by atoms with Gasteiger partial charge in [0.15, 0.2) is 0 Å². The van der Waals surface area contributed by atoms with Crippen molar-refractivity contribution in [3.8, 4) is 5.69 Å². The van der Waals surface area contributed by atoms with Crippen molar-refractivity contribution in [3.63, 3.8) is 0 Å². The number of nitrogens with one attached hydrogen (secondary N) is 2. The summed E-state index contributed by atoms with van der Waals surface area (Å²) in [7, 11) is 0. The summed E-state index contributed by atoms with van der Waals surface area (Å²) in [5.41, 5.74) is 2.79. The third-order valence-corrected chi connectivity index (χ3v) is 3.69. The van der Waals surface area contributed by atoms with Crippen LogP contribution in [0.4, 0.5) is 0 Å². The maximum absolute atomic E-state index is 12.2. The zero-order valence-corrected chi connectivity index (χ0v) is 10.8. The largest absolute Gasteiger partial charge is 0.312 e. The summed E-state index contributed by atoms with van der Waals surface area (Å²) in [6, 6.07) is 7.70. The molecule has 3 rings (SSSR count). The standard InChI is InChI=1S/C12H12BrN3O/c13-9-3-1-2-4-11(9)16-12(17)8-7-14-6-5-10(8)15-16/h1-4,14-15H,5-7H2. The van der Waals surface area contributed by atoms with Crippen molar-refractivity contribution in [2.24, 2.45) is 0 Å². The molecule has 2 N–H and O–H groups in total. The summed E-state index contributed by atoms with van der Waals surface area (Å²) in [4.78, 5) is 12.2. The van der Waals surface area contributed by atoms with E-state index in [4.69, 9.17) is 0 Å². The number of rotatable bonds is 1. The summed E-state index contributed by atoms with van der Waals surface area (Å²) in [6.07, 6.45) is 0.877. The summed E-state index contributed by atoms with van der Waals surface area (Å²) in [5.74, 6) is 0. The normalized spacial score (nSPS) is 14.6. The Kier molecular flexibility index (Phi) is 2.64. The lowest BCUT2D eigenvalue weighted by Gasteiger charge is -2.09. The Hall–Kier alpha value is -1.33. The van der Waals surface area contributed by atoms with Gasteiger partial charge in [-0.3, -0.25) is 9.89 Å². The van der Waals surface area contributed by atoms with E-state index in [0.29, 0.717) is 6.54 Å². The average molecular weight is 294 g/mol. The quantitative estimate of drug-likeness (QED) is 0.839. The van der Waals surface area contributed by atoms with Gasteiger partial charge >= 0.3 is 0 Å². The first-order chi connectivity index (χ1) is 8.27. The van der Waals surface area contributed by atoms with Crippen LogP contribution in [-0.2, 0) is 13.0 Å². The zero-order chi connectivity index (χ0) is 11.8. The molecule has 0 radical (unpaired) electrons. The molecule has 0 unspecified atom stereocenters. The number of para-hydroxylation sites is 1. The molecule has 1 aliphatic heterocycles. The molecule has 0 atom stereocenters. The molecule has 88 valence electrons. The average Bonchev–Trinajstić information content (AvgIpc) is 2.68. The van der Waals surface area contributed by atoms with E-state index in [2.05, 4.69) is 26.3 Å². The van der Waals surface area contributed by atoms with Gasteiger partial charge in [-0.2, -0.15) is 0 Å². The number of H-pyrrole nitrogens is 1. The number of hydrogen-bond acceptors (Lipinski definition) is 2. The molecule has 0 bridgehead atoms. The highest BCUT2D eigenvalue weighted by Gasteiger charge is 2.18. The van der Waals surface area contributed by atoms with Crippen LogP contribution >= 0.6 is 15.9 Å². The van der Waals surface area contributed by atoms with E-state index in [1.165, 1.54) is 0 Å². The van der Waals surface area contributed by atoms with E-state index >= 15 is 0 Å². The highest BCUT2D eigenvalue weighted by Crippen LogP contribution is 2.19. The summed E-state index contributed by atoms with van der Waals surface area (Å²) in [5, 5.41) is 6.41. The van der Waals surface area contributed by atoms with Crippen molar-refractivity contribution in [1.29, 1.82) is 0 Å². The Morgan fingerprint density at radius 1 is 1.29 bits per heavy atom. The van der Waals surface area contributed by atoms with Crippen LogP contribution in [0.5, 0.6) is 0 Å². The summed E-state index contributed by atoms with van der Waals surface area (Å²) in [6.45, 7) is 1.57. The molecule has 1 aromatic carbocycles. The van der Waals surface area contributed by atoms with E-state index in [9.17, 15) is 4.79 Å². The lowest BCUT2D eigenvalue weighted by atomic mass is 10.1. The molecule has 17 heavy (non-hydrogen) atoms. The van der Waals surface area contributed by atoms with Gasteiger partial charge in [0, 0.05) is 29.7 Å². The molecule has 0 spiro atoms. The maximum Gasteiger partial charge on any atom is 0.276 e. The third-order valence-electron chi connectivity index (χ3n) is 3.02. The molecular formula is C12H12BrN3O. The zero-order valence-electron chi connectivity index (χ0n) is 9.16. The second kappa shape index (κ2) is 4.16. The Labute approximate surface area is 107 Å². The first-order valence-electron chi connectivity index (χ1n) is 5.56. The number of fused-ring (bicyclic) bond motifs is 1. The predicted molar refractivity (Wildman–Crippen MR) is 69.5 cm³/mol. The van der Waals surface area contributed by atoms with Crippen LogP contribution in [0.2, 0.25) is 0 Å². The highest BCUT2D eigenvalue weighted by atomic mass is 79.9. The molecule has 5 heteroatoms. The van der Waals surface area contributed by atoms with Gasteiger partial charge in [-0.25, -0.2) is 4.68 Å². The van der Waals surface area contributed by atoms with Gasteiger partial charge < -0.3 is 5.32 Å². The third kappa shape index (κ3) is 1.75. The Balaban J connectivity index is 2.20. The fourth-order valence-corrected chi connectivity index (χ4v) is 2.60. The van der Waals surface area contributed by atoms with Crippen molar-refractivity contribution < 1.29 is 0 Å². The van der Waals surface area contributed by atoms with Gasteiger partial charge in [0.2, 0.25) is 0 Å². The molecule has 1 aromatic heterocycles. The van der Waals surface area contributed by atoms with Crippen molar-refractivity contribution in [3.05, 3.63) is 50.3 Å². The van der Waals surface area contributed by atoms with Gasteiger partial charge in [0.05, 0.1) is 11.3 Å². The monoisotopic (exact) mass is 293 g/mol. The highest BCUT2D eigenvalue weighted by molar-refractivity contribution is 9.10. The topological polar surface area (TPSA) is 49.8 Å². The minimum Gasteiger partial charge on any atom is -0.312 e. The van der Waals surface area contributed by atoms with Gasteiger partial charge in [-0.05, 0) is 28.1 Å². The second-order valence-electron chi connectivity index (χ2n) is 4.09. The van der Waals surface area contributed by atoms with Crippen LogP contribution in [0.3, 0.4) is 0 Å².